The molecule has 0 radical (unpaired) electrons. The van der Waals surface area contributed by atoms with Crippen LogP contribution in [0.1, 0.15) is 44.5 Å². The summed E-state index contributed by atoms with van der Waals surface area (Å²) in [4.78, 5) is 0. The Morgan fingerprint density at radius 2 is 0.500 bits per heavy atom. The number of benzene rings is 8. The first-order valence-electron chi connectivity index (χ1n) is 28.4. The van der Waals surface area contributed by atoms with Crippen molar-refractivity contribution in [2.75, 3.05) is 13.2 Å². The van der Waals surface area contributed by atoms with E-state index >= 15 is 0 Å². The van der Waals surface area contributed by atoms with Gasteiger partial charge in [-0.25, -0.2) is 0 Å². The van der Waals surface area contributed by atoms with Gasteiger partial charge in [0.25, 0.3) is 0 Å². The molecule has 1 saturated heterocycles. The quantitative estimate of drug-likeness (QED) is 0.0318. The fraction of sp³-hybridized carbons (Fsp3) is 0.296. The third-order valence-electron chi connectivity index (χ3n) is 14.6. The highest BCUT2D eigenvalue weighted by Gasteiger charge is 2.58. The van der Waals surface area contributed by atoms with Gasteiger partial charge in [-0.1, -0.05) is 249 Å². The third-order valence-corrected chi connectivity index (χ3v) is 14.6. The molecule has 1 aliphatic carbocycles. The SMILES string of the molecule is C=CCOC[C@H]1O[C@H](OC2[C@@H](OCc3ccccc3)[C@H](OCc3ccccc3)C(OCc3ccccc3)[C@H](OCc3ccccc3)[C@@H]2OCc2ccccc2)[C@H](OCc2ccccc2)[C@@H](OCc2ccccc2)[C@H]1OCc1ccccc1. The zero-order chi connectivity index (χ0) is 55.8. The lowest BCUT2D eigenvalue weighted by molar-refractivity contribution is -0.366. The summed E-state index contributed by atoms with van der Waals surface area (Å²) < 4.78 is 79.4. The highest BCUT2D eigenvalue weighted by atomic mass is 16.7. The van der Waals surface area contributed by atoms with Crippen molar-refractivity contribution in [2.45, 2.75) is 120 Å². The van der Waals surface area contributed by atoms with Gasteiger partial charge in [-0.2, -0.15) is 0 Å². The van der Waals surface area contributed by atoms with E-state index in [2.05, 4.69) is 43.0 Å². The van der Waals surface area contributed by atoms with Gasteiger partial charge in [-0.3, -0.25) is 0 Å². The first kappa shape index (κ1) is 58.3. The Labute approximate surface area is 483 Å². The zero-order valence-corrected chi connectivity index (χ0v) is 46.3. The van der Waals surface area contributed by atoms with E-state index in [4.69, 9.17) is 52.1 Å². The average Bonchev–Trinajstić information content (AvgIpc) is 3.70. The van der Waals surface area contributed by atoms with Crippen molar-refractivity contribution in [1.82, 2.24) is 0 Å². The van der Waals surface area contributed by atoms with Crippen LogP contribution in [0.2, 0.25) is 0 Å². The van der Waals surface area contributed by atoms with Gasteiger partial charge in [0, 0.05) is 0 Å². The summed E-state index contributed by atoms with van der Waals surface area (Å²) in [6.07, 6.45) is -7.73. The Hall–Kier alpha value is -6.94. The van der Waals surface area contributed by atoms with E-state index in [1.807, 2.05) is 206 Å². The molecule has 0 bridgehead atoms. The van der Waals surface area contributed by atoms with Crippen LogP contribution in [0, 0.1) is 0 Å². The van der Waals surface area contributed by atoms with Gasteiger partial charge >= 0.3 is 0 Å². The van der Waals surface area contributed by atoms with Crippen LogP contribution < -0.4 is 0 Å². The van der Waals surface area contributed by atoms with Crippen molar-refractivity contribution in [3.63, 3.8) is 0 Å². The molecule has 2 unspecified atom stereocenters. The molecule has 8 aromatic rings. The molecule has 0 amide bonds. The molecular formula is C71H74O11. The van der Waals surface area contributed by atoms with Gasteiger partial charge in [-0.05, 0) is 44.5 Å². The molecule has 0 N–H and O–H groups in total. The molecule has 2 fully saturated rings. The van der Waals surface area contributed by atoms with E-state index in [1.165, 1.54) is 0 Å². The van der Waals surface area contributed by atoms with Gasteiger partial charge in [0.15, 0.2) is 6.29 Å². The van der Waals surface area contributed by atoms with Gasteiger partial charge < -0.3 is 52.1 Å². The lowest BCUT2D eigenvalue weighted by atomic mass is 9.83. The van der Waals surface area contributed by atoms with Crippen LogP contribution in [-0.4, -0.2) is 80.5 Å². The summed E-state index contributed by atoms with van der Waals surface area (Å²) >= 11 is 0. The number of hydrogen-bond acceptors (Lipinski definition) is 11. The predicted octanol–water partition coefficient (Wildman–Crippen LogP) is 13.0. The maximum Gasteiger partial charge on any atom is 0.187 e. The lowest BCUT2D eigenvalue weighted by Crippen LogP contribution is -2.69. The van der Waals surface area contributed by atoms with Crippen LogP contribution in [-0.2, 0) is 105 Å². The maximum atomic E-state index is 7.82. The standard InChI is InChI=1S/C71H74O11/c1-2-43-72-52-61-62(73-44-53-27-11-3-12-28-53)63(74-45-54-29-13-4-14-30-54)70(80-51-60-41-25-10-26-42-60)71(81-61)82-69-67(78-49-58-37-21-8-22-38-58)65(76-47-56-33-17-6-18-34-56)64(75-46-55-31-15-5-16-32-55)66(77-48-57-35-19-7-20-36-57)68(69)79-50-59-39-23-9-24-40-59/h2-42,61-71H,1,43-52H2/t61-,62+,63+,64?,65-,66+,67+,68+,69?,70-,71-/m1/s1. The minimum absolute atomic E-state index is 0.121. The van der Waals surface area contributed by atoms with E-state index in [0.29, 0.717) is 0 Å². The van der Waals surface area contributed by atoms with Crippen molar-refractivity contribution < 1.29 is 52.1 Å². The van der Waals surface area contributed by atoms with Gasteiger partial charge in [-0.15, -0.1) is 6.58 Å². The molecule has 1 heterocycles. The van der Waals surface area contributed by atoms with Crippen LogP contribution in [0.25, 0.3) is 0 Å². The summed E-state index contributed by atoms with van der Waals surface area (Å²) in [6, 6.07) is 80.8. The summed E-state index contributed by atoms with van der Waals surface area (Å²) in [6.45, 7) is 6.21. The monoisotopic (exact) mass is 1100 g/mol. The lowest BCUT2D eigenvalue weighted by Gasteiger charge is -2.52. The zero-order valence-electron chi connectivity index (χ0n) is 46.3. The van der Waals surface area contributed by atoms with E-state index in [0.717, 1.165) is 44.5 Å². The Balaban J connectivity index is 1.12. The first-order chi connectivity index (χ1) is 40.6. The largest absolute Gasteiger partial charge is 0.375 e. The highest BCUT2D eigenvalue weighted by Crippen LogP contribution is 2.40. The third kappa shape index (κ3) is 16.8. The molecule has 424 valence electrons. The van der Waals surface area contributed by atoms with E-state index in [9.17, 15) is 0 Å². The second kappa shape index (κ2) is 31.5. The molecule has 8 aromatic carbocycles. The van der Waals surface area contributed by atoms with Gasteiger partial charge in [0.05, 0.1) is 66.1 Å². The minimum Gasteiger partial charge on any atom is -0.375 e. The van der Waals surface area contributed by atoms with E-state index in [-0.39, 0.29) is 66.1 Å². The van der Waals surface area contributed by atoms with Crippen molar-refractivity contribution in [1.29, 1.82) is 0 Å². The Morgan fingerprint density at radius 3 is 0.756 bits per heavy atom. The van der Waals surface area contributed by atoms with Crippen LogP contribution in [0.5, 0.6) is 0 Å². The summed E-state index contributed by atoms with van der Waals surface area (Å²) in [5.41, 5.74) is 7.76. The molecule has 10 rings (SSSR count). The number of rotatable bonds is 30. The molecule has 11 atom stereocenters. The van der Waals surface area contributed by atoms with Crippen LogP contribution in [0.15, 0.2) is 255 Å². The molecule has 11 nitrogen and oxygen atoms in total. The average molecular weight is 1100 g/mol. The molecule has 0 spiro atoms. The topological polar surface area (TPSA) is 102 Å². The van der Waals surface area contributed by atoms with Crippen molar-refractivity contribution in [2.24, 2.45) is 0 Å². The minimum atomic E-state index is -1.15. The number of hydrogen-bond donors (Lipinski definition) is 0. The first-order valence-corrected chi connectivity index (χ1v) is 28.4. The van der Waals surface area contributed by atoms with E-state index < -0.39 is 67.3 Å². The Bertz CT molecular complexity index is 2900. The molecule has 82 heavy (non-hydrogen) atoms. The fourth-order valence-corrected chi connectivity index (χ4v) is 10.5. The molecule has 1 aliphatic heterocycles. The smallest absolute Gasteiger partial charge is 0.187 e. The van der Waals surface area contributed by atoms with Crippen LogP contribution >= 0.6 is 0 Å². The molecule has 1 saturated carbocycles. The number of ether oxygens (including phenoxy) is 11. The van der Waals surface area contributed by atoms with Gasteiger partial charge in [0.2, 0.25) is 0 Å². The molecule has 2 aliphatic rings. The Morgan fingerprint density at radius 1 is 0.280 bits per heavy atom. The van der Waals surface area contributed by atoms with Crippen LogP contribution in [0.4, 0.5) is 0 Å². The summed E-state index contributed by atoms with van der Waals surface area (Å²) in [7, 11) is 0. The fourth-order valence-electron chi connectivity index (χ4n) is 10.5. The highest BCUT2D eigenvalue weighted by molar-refractivity contribution is 5.21. The molecule has 11 heteroatoms. The second-order valence-corrected chi connectivity index (χ2v) is 20.6. The maximum absolute atomic E-state index is 7.82. The Kier molecular flexibility index (Phi) is 22.4. The van der Waals surface area contributed by atoms with Crippen molar-refractivity contribution in [3.05, 3.63) is 300 Å². The second-order valence-electron chi connectivity index (χ2n) is 20.6. The summed E-state index contributed by atoms with van der Waals surface area (Å²) in [5, 5.41) is 0. The van der Waals surface area contributed by atoms with Crippen LogP contribution in [0.3, 0.4) is 0 Å². The molecule has 0 aromatic heterocycles. The normalized spacial score (nSPS) is 23.5. The van der Waals surface area contributed by atoms with Crippen molar-refractivity contribution in [3.8, 4) is 0 Å². The molecular weight excluding hydrogens is 1030 g/mol. The van der Waals surface area contributed by atoms with Gasteiger partial charge in [0.1, 0.15) is 61.0 Å². The van der Waals surface area contributed by atoms with E-state index in [1.54, 1.807) is 6.08 Å². The van der Waals surface area contributed by atoms with Crippen molar-refractivity contribution >= 4 is 0 Å². The predicted molar refractivity (Wildman–Crippen MR) is 315 cm³/mol. The summed E-state index contributed by atoms with van der Waals surface area (Å²) in [5.74, 6) is 0.